The topological polar surface area (TPSA) is 68.2 Å². The van der Waals surface area contributed by atoms with Gasteiger partial charge in [0.1, 0.15) is 6.10 Å². The van der Waals surface area contributed by atoms with Crippen LogP contribution in [0.5, 0.6) is 0 Å². The molecule has 4 atom stereocenters. The first-order chi connectivity index (χ1) is 8.99. The van der Waals surface area contributed by atoms with Crippen molar-refractivity contribution in [3.8, 4) is 0 Å². The first kappa shape index (κ1) is 19.3. The fourth-order valence-electron chi connectivity index (χ4n) is 1.17. The van der Waals surface area contributed by atoms with Crippen molar-refractivity contribution in [1.29, 1.82) is 0 Å². The van der Waals surface area contributed by atoms with Crippen molar-refractivity contribution in [2.75, 3.05) is 31.8 Å². The molecule has 0 bridgehead atoms. The van der Waals surface area contributed by atoms with Crippen molar-refractivity contribution < 1.29 is 24.4 Å². The normalized spacial score (nSPS) is 18.0. The lowest BCUT2D eigenvalue weighted by Crippen LogP contribution is -2.29. The van der Waals surface area contributed by atoms with E-state index in [0.29, 0.717) is 11.9 Å². The van der Waals surface area contributed by atoms with Crippen molar-refractivity contribution in [3.63, 3.8) is 0 Å². The Morgan fingerprint density at radius 3 is 2.05 bits per heavy atom. The van der Waals surface area contributed by atoms with Gasteiger partial charge in [0.2, 0.25) is 0 Å². The molecule has 0 aliphatic rings. The zero-order valence-corrected chi connectivity index (χ0v) is 13.6. The summed E-state index contributed by atoms with van der Waals surface area (Å²) in [5.41, 5.74) is 0. The fourth-order valence-corrected chi connectivity index (χ4v) is 1.36. The molecule has 0 saturated carbocycles. The molecule has 0 spiro atoms. The molecule has 0 aliphatic heterocycles. The standard InChI is InChI=1S/C13H27BrO5/c1-4-10(2)18-6-11(3)19-9-13(16)8-17-7-12(15)5-14/h10-13,15-16H,4-9H2,1-3H3. The molecule has 0 saturated heterocycles. The van der Waals surface area contributed by atoms with Gasteiger partial charge in [-0.15, -0.1) is 0 Å². The summed E-state index contributed by atoms with van der Waals surface area (Å²) in [5, 5.41) is 19.3. The van der Waals surface area contributed by atoms with E-state index in [4.69, 9.17) is 14.2 Å². The molecule has 0 rings (SSSR count). The number of aliphatic hydroxyl groups excluding tert-OH is 2. The second kappa shape index (κ2) is 12.1. The summed E-state index contributed by atoms with van der Waals surface area (Å²) in [7, 11) is 0. The number of alkyl halides is 1. The molecule has 2 N–H and O–H groups in total. The predicted octanol–water partition coefficient (Wildman–Crippen LogP) is 1.34. The van der Waals surface area contributed by atoms with Gasteiger partial charge in [-0.05, 0) is 20.3 Å². The second-order valence-electron chi connectivity index (χ2n) is 4.70. The summed E-state index contributed by atoms with van der Waals surface area (Å²) in [6, 6.07) is 0. The van der Waals surface area contributed by atoms with Crippen molar-refractivity contribution in [2.45, 2.75) is 51.6 Å². The van der Waals surface area contributed by atoms with Crippen molar-refractivity contribution in [1.82, 2.24) is 0 Å². The SMILES string of the molecule is CCC(C)OCC(C)OCC(O)COCC(O)CBr. The van der Waals surface area contributed by atoms with E-state index in [1.807, 2.05) is 13.8 Å². The van der Waals surface area contributed by atoms with E-state index in [0.717, 1.165) is 6.42 Å². The smallest absolute Gasteiger partial charge is 0.101 e. The molecule has 6 heteroatoms. The van der Waals surface area contributed by atoms with Gasteiger partial charge in [0.15, 0.2) is 0 Å². The Bertz CT molecular complexity index is 205. The summed E-state index contributed by atoms with van der Waals surface area (Å²) in [6.45, 7) is 7.08. The summed E-state index contributed by atoms with van der Waals surface area (Å²) < 4.78 is 16.1. The molecule has 0 amide bonds. The molecular formula is C13H27BrO5. The average Bonchev–Trinajstić information content (AvgIpc) is 2.41. The van der Waals surface area contributed by atoms with Gasteiger partial charge in [-0.3, -0.25) is 0 Å². The van der Waals surface area contributed by atoms with Crippen molar-refractivity contribution in [2.24, 2.45) is 0 Å². The van der Waals surface area contributed by atoms with E-state index in [1.165, 1.54) is 0 Å². The van der Waals surface area contributed by atoms with Crippen LogP contribution in [0.25, 0.3) is 0 Å². The summed E-state index contributed by atoms with van der Waals surface area (Å²) in [5.74, 6) is 0. The van der Waals surface area contributed by atoms with Crippen LogP contribution in [-0.2, 0) is 14.2 Å². The van der Waals surface area contributed by atoms with Crippen LogP contribution in [-0.4, -0.2) is 66.4 Å². The Labute approximate surface area is 124 Å². The third-order valence-electron chi connectivity index (χ3n) is 2.56. The average molecular weight is 343 g/mol. The summed E-state index contributed by atoms with van der Waals surface area (Å²) in [4.78, 5) is 0. The van der Waals surface area contributed by atoms with Crippen molar-refractivity contribution in [3.05, 3.63) is 0 Å². The molecular weight excluding hydrogens is 316 g/mol. The molecule has 0 aromatic carbocycles. The number of ether oxygens (including phenoxy) is 3. The predicted molar refractivity (Wildman–Crippen MR) is 77.7 cm³/mol. The van der Waals surface area contributed by atoms with Gasteiger partial charge in [0.05, 0.1) is 44.7 Å². The molecule has 0 heterocycles. The number of halogens is 1. The van der Waals surface area contributed by atoms with Crippen LogP contribution >= 0.6 is 15.9 Å². The van der Waals surface area contributed by atoms with Gasteiger partial charge in [-0.1, -0.05) is 22.9 Å². The Hall–Kier alpha value is 0.280. The zero-order valence-electron chi connectivity index (χ0n) is 12.0. The van der Waals surface area contributed by atoms with Gasteiger partial charge >= 0.3 is 0 Å². The number of aliphatic hydroxyl groups is 2. The molecule has 0 aromatic heterocycles. The van der Waals surface area contributed by atoms with E-state index in [9.17, 15) is 10.2 Å². The summed E-state index contributed by atoms with van der Waals surface area (Å²) in [6.07, 6.45) is -0.0922. The van der Waals surface area contributed by atoms with Crippen LogP contribution in [0.1, 0.15) is 27.2 Å². The van der Waals surface area contributed by atoms with Gasteiger partial charge in [-0.25, -0.2) is 0 Å². The first-order valence-electron chi connectivity index (χ1n) is 6.72. The first-order valence-corrected chi connectivity index (χ1v) is 7.84. The second-order valence-corrected chi connectivity index (χ2v) is 5.34. The van der Waals surface area contributed by atoms with Crippen LogP contribution in [0.2, 0.25) is 0 Å². The highest BCUT2D eigenvalue weighted by Crippen LogP contribution is 2.01. The third-order valence-corrected chi connectivity index (χ3v) is 3.31. The number of hydrogen-bond donors (Lipinski definition) is 2. The van der Waals surface area contributed by atoms with Gasteiger partial charge in [-0.2, -0.15) is 0 Å². The van der Waals surface area contributed by atoms with E-state index in [1.54, 1.807) is 0 Å². The lowest BCUT2D eigenvalue weighted by molar-refractivity contribution is -0.0766. The van der Waals surface area contributed by atoms with Gasteiger partial charge in [0, 0.05) is 5.33 Å². The van der Waals surface area contributed by atoms with Crippen LogP contribution in [0, 0.1) is 0 Å². The maximum Gasteiger partial charge on any atom is 0.101 e. The molecule has 0 aromatic rings. The lowest BCUT2D eigenvalue weighted by Gasteiger charge is -2.19. The minimum atomic E-state index is -0.687. The highest BCUT2D eigenvalue weighted by molar-refractivity contribution is 9.09. The Kier molecular flexibility index (Phi) is 12.2. The number of hydrogen-bond acceptors (Lipinski definition) is 5. The highest BCUT2D eigenvalue weighted by atomic mass is 79.9. The van der Waals surface area contributed by atoms with Gasteiger partial charge in [0.25, 0.3) is 0 Å². The maximum absolute atomic E-state index is 9.62. The quantitative estimate of drug-likeness (QED) is 0.524. The third kappa shape index (κ3) is 11.8. The van der Waals surface area contributed by atoms with Crippen LogP contribution in [0.4, 0.5) is 0 Å². The van der Waals surface area contributed by atoms with Crippen molar-refractivity contribution >= 4 is 15.9 Å². The summed E-state index contributed by atoms with van der Waals surface area (Å²) >= 11 is 3.14. The molecule has 5 nitrogen and oxygen atoms in total. The largest absolute Gasteiger partial charge is 0.390 e. The molecule has 4 unspecified atom stereocenters. The minimum Gasteiger partial charge on any atom is -0.390 e. The molecule has 19 heavy (non-hydrogen) atoms. The van der Waals surface area contributed by atoms with Crippen LogP contribution in [0.3, 0.4) is 0 Å². The molecule has 0 radical (unpaired) electrons. The minimum absolute atomic E-state index is 0.0585. The molecule has 0 fully saturated rings. The highest BCUT2D eigenvalue weighted by Gasteiger charge is 2.11. The lowest BCUT2D eigenvalue weighted by atomic mass is 10.3. The maximum atomic E-state index is 9.62. The monoisotopic (exact) mass is 342 g/mol. The zero-order chi connectivity index (χ0) is 14.7. The fraction of sp³-hybridized carbons (Fsp3) is 1.00. The van der Waals surface area contributed by atoms with Crippen LogP contribution < -0.4 is 0 Å². The van der Waals surface area contributed by atoms with E-state index >= 15 is 0 Å². The molecule has 116 valence electrons. The Morgan fingerprint density at radius 1 is 0.895 bits per heavy atom. The Morgan fingerprint density at radius 2 is 1.47 bits per heavy atom. The van der Waals surface area contributed by atoms with Gasteiger partial charge < -0.3 is 24.4 Å². The van der Waals surface area contributed by atoms with E-state index in [2.05, 4.69) is 22.9 Å². The van der Waals surface area contributed by atoms with E-state index in [-0.39, 0.29) is 32.0 Å². The van der Waals surface area contributed by atoms with E-state index < -0.39 is 12.2 Å². The number of rotatable bonds is 12. The molecule has 0 aliphatic carbocycles. The Balaban J connectivity index is 3.52. The van der Waals surface area contributed by atoms with Crippen LogP contribution in [0.15, 0.2) is 0 Å².